The van der Waals surface area contributed by atoms with E-state index in [1.165, 1.54) is 6.08 Å². The Morgan fingerprint density at radius 2 is 1.90 bits per heavy atom. The quantitative estimate of drug-likeness (QED) is 0.451. The van der Waals surface area contributed by atoms with E-state index in [0.717, 1.165) is 32.6 Å². The van der Waals surface area contributed by atoms with Crippen LogP contribution in [0.1, 0.15) is 27.2 Å². The standard InChI is InChI=1S/C13H21N3O2.C2H6/c1-4-7-13(16(17)18)12(5-2)15-9-6-8-14(3)10-11-15;1-2/h4-5,7H,2,6,8-11H2,1,3H3;1-2H3/b7-4-,13-12-;. The molecule has 1 aliphatic rings. The number of nitro groups is 1. The number of likely N-dealkylation sites (N-methyl/N-ethyl adjacent to an activating group) is 1. The molecular formula is C15H27N3O2. The SMILES string of the molecule is C=C/C(=C(\C=C/C)[N+](=O)[O-])N1CCCN(C)CC1.CC. The third kappa shape index (κ3) is 5.57. The molecule has 0 aromatic heterocycles. The van der Waals surface area contributed by atoms with Gasteiger partial charge in [-0.3, -0.25) is 10.1 Å². The zero-order valence-corrected chi connectivity index (χ0v) is 13.1. The van der Waals surface area contributed by atoms with Crippen molar-refractivity contribution in [3.63, 3.8) is 0 Å². The molecule has 0 amide bonds. The van der Waals surface area contributed by atoms with Gasteiger partial charge >= 0.3 is 0 Å². The van der Waals surface area contributed by atoms with Gasteiger partial charge < -0.3 is 9.80 Å². The van der Waals surface area contributed by atoms with Crippen LogP contribution in [-0.4, -0.2) is 47.9 Å². The molecule has 0 bridgehead atoms. The minimum atomic E-state index is -0.342. The van der Waals surface area contributed by atoms with Crippen molar-refractivity contribution in [3.8, 4) is 0 Å². The molecule has 0 unspecified atom stereocenters. The summed E-state index contributed by atoms with van der Waals surface area (Å²) in [5, 5.41) is 11.1. The highest BCUT2D eigenvalue weighted by atomic mass is 16.6. The van der Waals surface area contributed by atoms with Crippen LogP contribution < -0.4 is 0 Å². The minimum Gasteiger partial charge on any atom is -0.365 e. The molecule has 1 rings (SSSR count). The van der Waals surface area contributed by atoms with Gasteiger partial charge in [-0.25, -0.2) is 0 Å². The second kappa shape index (κ2) is 10.2. The maximum Gasteiger partial charge on any atom is 0.292 e. The maximum atomic E-state index is 11.1. The highest BCUT2D eigenvalue weighted by Gasteiger charge is 2.20. The van der Waals surface area contributed by atoms with E-state index < -0.39 is 0 Å². The van der Waals surface area contributed by atoms with Crippen LogP contribution in [0.2, 0.25) is 0 Å². The van der Waals surface area contributed by atoms with Crippen molar-refractivity contribution in [1.82, 2.24) is 9.80 Å². The van der Waals surface area contributed by atoms with Gasteiger partial charge in [-0.2, -0.15) is 0 Å². The summed E-state index contributed by atoms with van der Waals surface area (Å²) in [6.45, 7) is 13.1. The lowest BCUT2D eigenvalue weighted by Gasteiger charge is -2.23. The summed E-state index contributed by atoms with van der Waals surface area (Å²) in [5.74, 6) is 0. The molecule has 5 heteroatoms. The minimum absolute atomic E-state index is 0.122. The lowest BCUT2D eigenvalue weighted by molar-refractivity contribution is -0.420. The van der Waals surface area contributed by atoms with Crippen LogP contribution >= 0.6 is 0 Å². The van der Waals surface area contributed by atoms with E-state index in [0.29, 0.717) is 5.70 Å². The largest absolute Gasteiger partial charge is 0.365 e. The van der Waals surface area contributed by atoms with Crippen molar-refractivity contribution < 1.29 is 4.92 Å². The highest BCUT2D eigenvalue weighted by Crippen LogP contribution is 2.16. The number of nitrogens with zero attached hydrogens (tertiary/aromatic N) is 3. The van der Waals surface area contributed by atoms with Gasteiger partial charge in [0.1, 0.15) is 5.70 Å². The second-order valence-electron chi connectivity index (χ2n) is 4.38. The lowest BCUT2D eigenvalue weighted by Crippen LogP contribution is -2.29. The van der Waals surface area contributed by atoms with Crippen molar-refractivity contribution in [2.24, 2.45) is 0 Å². The summed E-state index contributed by atoms with van der Waals surface area (Å²) in [5.41, 5.74) is 0.741. The van der Waals surface area contributed by atoms with Crippen molar-refractivity contribution in [3.05, 3.63) is 46.3 Å². The molecule has 0 saturated carbocycles. The van der Waals surface area contributed by atoms with Gasteiger partial charge in [-0.05, 0) is 33.0 Å². The van der Waals surface area contributed by atoms with E-state index >= 15 is 0 Å². The molecule has 1 saturated heterocycles. The first-order valence-corrected chi connectivity index (χ1v) is 7.17. The average Bonchev–Trinajstić information content (AvgIpc) is 2.66. The molecule has 0 aromatic carbocycles. The van der Waals surface area contributed by atoms with Crippen molar-refractivity contribution >= 4 is 0 Å². The Bertz CT molecular complexity index is 375. The van der Waals surface area contributed by atoms with Crippen molar-refractivity contribution in [2.45, 2.75) is 27.2 Å². The summed E-state index contributed by atoms with van der Waals surface area (Å²) < 4.78 is 0. The normalized spacial score (nSPS) is 17.9. The van der Waals surface area contributed by atoms with E-state index in [1.54, 1.807) is 19.1 Å². The van der Waals surface area contributed by atoms with Crippen LogP contribution in [0.25, 0.3) is 0 Å². The Kier molecular flexibility index (Phi) is 9.38. The summed E-state index contributed by atoms with van der Waals surface area (Å²) in [6.07, 6.45) is 5.81. The summed E-state index contributed by atoms with van der Waals surface area (Å²) in [6, 6.07) is 0. The predicted octanol–water partition coefficient (Wildman–Crippen LogP) is 2.90. The van der Waals surface area contributed by atoms with Crippen LogP contribution in [0.15, 0.2) is 36.2 Å². The Labute approximate surface area is 122 Å². The maximum absolute atomic E-state index is 11.1. The molecule has 0 aromatic rings. The topological polar surface area (TPSA) is 49.6 Å². The van der Waals surface area contributed by atoms with Crippen LogP contribution in [0.5, 0.6) is 0 Å². The Balaban J connectivity index is 0.00000172. The van der Waals surface area contributed by atoms with Gasteiger partial charge in [0.05, 0.1) is 4.92 Å². The average molecular weight is 281 g/mol. The van der Waals surface area contributed by atoms with Gasteiger partial charge in [0.2, 0.25) is 0 Å². The van der Waals surface area contributed by atoms with Crippen molar-refractivity contribution in [1.29, 1.82) is 0 Å². The second-order valence-corrected chi connectivity index (χ2v) is 4.38. The van der Waals surface area contributed by atoms with E-state index in [2.05, 4.69) is 23.4 Å². The summed E-state index contributed by atoms with van der Waals surface area (Å²) in [4.78, 5) is 15.0. The van der Waals surface area contributed by atoms with Crippen molar-refractivity contribution in [2.75, 3.05) is 33.2 Å². The van der Waals surface area contributed by atoms with Gasteiger partial charge in [0, 0.05) is 25.7 Å². The molecule has 0 aliphatic carbocycles. The summed E-state index contributed by atoms with van der Waals surface area (Å²) >= 11 is 0. The molecular weight excluding hydrogens is 254 g/mol. The van der Waals surface area contributed by atoms with Crippen LogP contribution in [-0.2, 0) is 0 Å². The highest BCUT2D eigenvalue weighted by molar-refractivity contribution is 5.26. The Hall–Kier alpha value is -1.62. The molecule has 1 fully saturated rings. The molecule has 0 atom stereocenters. The molecule has 1 heterocycles. The third-order valence-electron chi connectivity index (χ3n) is 3.04. The monoisotopic (exact) mass is 281 g/mol. The van der Waals surface area contributed by atoms with Crippen LogP contribution in [0, 0.1) is 10.1 Å². The Morgan fingerprint density at radius 3 is 2.40 bits per heavy atom. The molecule has 20 heavy (non-hydrogen) atoms. The van der Waals surface area contributed by atoms with Gasteiger partial charge in [-0.1, -0.05) is 26.5 Å². The lowest BCUT2D eigenvalue weighted by atomic mass is 10.2. The molecule has 0 spiro atoms. The number of rotatable bonds is 4. The molecule has 0 N–H and O–H groups in total. The first kappa shape index (κ1) is 18.4. The summed E-state index contributed by atoms with van der Waals surface area (Å²) in [7, 11) is 2.07. The molecule has 0 radical (unpaired) electrons. The predicted molar refractivity (Wildman–Crippen MR) is 84.1 cm³/mol. The van der Waals surface area contributed by atoms with Crippen LogP contribution in [0.4, 0.5) is 0 Å². The van der Waals surface area contributed by atoms with Crippen LogP contribution in [0.3, 0.4) is 0 Å². The van der Waals surface area contributed by atoms with E-state index in [4.69, 9.17) is 0 Å². The van der Waals surface area contributed by atoms with Gasteiger partial charge in [0.15, 0.2) is 0 Å². The Morgan fingerprint density at radius 1 is 1.25 bits per heavy atom. The number of allylic oxidation sites excluding steroid dienone is 3. The van der Waals surface area contributed by atoms with E-state index in [-0.39, 0.29) is 10.6 Å². The fourth-order valence-electron chi connectivity index (χ4n) is 2.08. The van der Waals surface area contributed by atoms with Gasteiger partial charge in [-0.15, -0.1) is 0 Å². The smallest absolute Gasteiger partial charge is 0.292 e. The first-order chi connectivity index (χ1) is 9.60. The fraction of sp³-hybridized carbons (Fsp3) is 0.600. The molecule has 5 nitrogen and oxygen atoms in total. The number of hydrogen-bond donors (Lipinski definition) is 0. The zero-order chi connectivity index (χ0) is 15.5. The zero-order valence-electron chi connectivity index (χ0n) is 13.1. The number of hydrogen-bond acceptors (Lipinski definition) is 4. The fourth-order valence-corrected chi connectivity index (χ4v) is 2.08. The first-order valence-electron chi connectivity index (χ1n) is 7.17. The van der Waals surface area contributed by atoms with E-state index in [9.17, 15) is 10.1 Å². The third-order valence-corrected chi connectivity index (χ3v) is 3.04. The molecule has 114 valence electrons. The van der Waals surface area contributed by atoms with E-state index in [1.807, 2.05) is 13.8 Å². The molecule has 1 aliphatic heterocycles. The van der Waals surface area contributed by atoms with Gasteiger partial charge in [0.25, 0.3) is 5.70 Å².